The maximum atomic E-state index is 12.7. The molecule has 0 N–H and O–H groups in total. The van der Waals surface area contributed by atoms with E-state index in [9.17, 15) is 4.79 Å². The first kappa shape index (κ1) is 11.3. The zero-order valence-corrected chi connectivity index (χ0v) is 11.5. The van der Waals surface area contributed by atoms with Crippen molar-refractivity contribution >= 4 is 11.6 Å². The van der Waals surface area contributed by atoms with Crippen molar-refractivity contribution in [3.05, 3.63) is 24.3 Å². The highest BCUT2D eigenvalue weighted by Gasteiger charge is 2.66. The Morgan fingerprint density at radius 3 is 2.74 bits per heavy atom. The van der Waals surface area contributed by atoms with Gasteiger partial charge in [0.1, 0.15) is 11.4 Å². The number of nitrogens with zero attached hydrogens (tertiary/aromatic N) is 1. The van der Waals surface area contributed by atoms with Crippen LogP contribution in [0.25, 0.3) is 0 Å². The van der Waals surface area contributed by atoms with E-state index in [0.717, 1.165) is 17.9 Å². The second-order valence-electron chi connectivity index (χ2n) is 6.87. The average molecular weight is 257 g/mol. The second kappa shape index (κ2) is 3.33. The summed E-state index contributed by atoms with van der Waals surface area (Å²) in [6, 6.07) is 7.88. The molecule has 2 aliphatic carbocycles. The number of fused-ring (bicyclic) bond motifs is 1. The highest BCUT2D eigenvalue weighted by Crippen LogP contribution is 2.71. The number of rotatable bonds is 1. The van der Waals surface area contributed by atoms with Crippen LogP contribution in [0.2, 0.25) is 0 Å². The van der Waals surface area contributed by atoms with Crippen molar-refractivity contribution in [2.75, 3.05) is 11.4 Å². The smallest absolute Gasteiger partial charge is 0.230 e. The lowest BCUT2D eigenvalue weighted by atomic mass is 10.0. The summed E-state index contributed by atoms with van der Waals surface area (Å²) >= 11 is 0. The summed E-state index contributed by atoms with van der Waals surface area (Å²) in [5.74, 6) is 1.41. The number of anilines is 1. The highest BCUT2D eigenvalue weighted by molar-refractivity contribution is 5.99. The van der Waals surface area contributed by atoms with Gasteiger partial charge in [0.15, 0.2) is 0 Å². The van der Waals surface area contributed by atoms with Crippen molar-refractivity contribution < 1.29 is 9.53 Å². The van der Waals surface area contributed by atoms with E-state index in [1.165, 1.54) is 12.8 Å². The van der Waals surface area contributed by atoms with E-state index >= 15 is 0 Å². The molecule has 3 aliphatic rings. The fourth-order valence-electron chi connectivity index (χ4n) is 3.36. The molecule has 100 valence electrons. The first-order valence-corrected chi connectivity index (χ1v) is 7.10. The molecule has 0 saturated heterocycles. The molecule has 3 heteroatoms. The molecule has 1 unspecified atom stereocenters. The Bertz CT molecular complexity index is 560. The van der Waals surface area contributed by atoms with Crippen LogP contribution in [0.15, 0.2) is 24.3 Å². The van der Waals surface area contributed by atoms with Gasteiger partial charge in [-0.05, 0) is 50.7 Å². The molecule has 0 aromatic heterocycles. The van der Waals surface area contributed by atoms with Gasteiger partial charge in [0.25, 0.3) is 0 Å². The van der Waals surface area contributed by atoms with Gasteiger partial charge in [-0.3, -0.25) is 4.79 Å². The largest absolute Gasteiger partial charge is 0.484 e. The van der Waals surface area contributed by atoms with Gasteiger partial charge >= 0.3 is 0 Å². The van der Waals surface area contributed by atoms with E-state index in [4.69, 9.17) is 4.74 Å². The predicted octanol–water partition coefficient (Wildman–Crippen LogP) is 2.99. The lowest BCUT2D eigenvalue weighted by Gasteiger charge is -2.39. The quantitative estimate of drug-likeness (QED) is 0.774. The zero-order chi connectivity index (χ0) is 13.3. The Kier molecular flexibility index (Phi) is 1.98. The van der Waals surface area contributed by atoms with Gasteiger partial charge in [0, 0.05) is 5.92 Å². The molecule has 2 saturated carbocycles. The minimum atomic E-state index is -0.310. The first-order valence-electron chi connectivity index (χ1n) is 7.10. The van der Waals surface area contributed by atoms with Crippen LogP contribution in [0.3, 0.4) is 0 Å². The Morgan fingerprint density at radius 1 is 1.32 bits per heavy atom. The number of carbonyl (C=O) groups is 1. The molecule has 4 rings (SSSR count). The molecule has 1 heterocycles. The van der Waals surface area contributed by atoms with Crippen molar-refractivity contribution in [2.45, 2.75) is 38.7 Å². The molecule has 1 aromatic carbocycles. The van der Waals surface area contributed by atoms with Crippen molar-refractivity contribution in [2.24, 2.45) is 11.3 Å². The molecule has 1 spiro atoms. The number of carbonyl (C=O) groups excluding carboxylic acids is 1. The summed E-state index contributed by atoms with van der Waals surface area (Å²) in [6.45, 7) is 4.74. The summed E-state index contributed by atoms with van der Waals surface area (Å²) in [6.07, 6.45) is 3.60. The molecule has 0 bridgehead atoms. The zero-order valence-electron chi connectivity index (χ0n) is 11.5. The average Bonchev–Trinajstić information content (AvgIpc) is 3.27. The maximum Gasteiger partial charge on any atom is 0.230 e. The number of para-hydroxylation sites is 2. The van der Waals surface area contributed by atoms with E-state index in [0.29, 0.717) is 17.9 Å². The minimum Gasteiger partial charge on any atom is -0.484 e. The summed E-state index contributed by atoms with van der Waals surface area (Å²) in [7, 11) is 0. The van der Waals surface area contributed by atoms with Crippen molar-refractivity contribution in [3.63, 3.8) is 0 Å². The topological polar surface area (TPSA) is 29.5 Å². The molecule has 1 atom stereocenters. The first-order chi connectivity index (χ1) is 9.01. The summed E-state index contributed by atoms with van der Waals surface area (Å²) in [5.41, 5.74) is 1.04. The van der Waals surface area contributed by atoms with Crippen LogP contribution < -0.4 is 9.64 Å². The number of hydrogen-bond acceptors (Lipinski definition) is 2. The third kappa shape index (κ3) is 1.67. The molecule has 0 radical (unpaired) electrons. The van der Waals surface area contributed by atoms with Gasteiger partial charge in [-0.15, -0.1) is 0 Å². The minimum absolute atomic E-state index is 0.273. The third-order valence-corrected chi connectivity index (χ3v) is 4.73. The van der Waals surface area contributed by atoms with Crippen molar-refractivity contribution in [1.82, 2.24) is 0 Å². The Balaban J connectivity index is 1.69. The molecular formula is C16H19NO2. The second-order valence-corrected chi connectivity index (χ2v) is 6.87. The highest BCUT2D eigenvalue weighted by atomic mass is 16.5. The number of hydrogen-bond donors (Lipinski definition) is 0. The molecule has 2 fully saturated rings. The van der Waals surface area contributed by atoms with E-state index < -0.39 is 0 Å². The van der Waals surface area contributed by atoms with Gasteiger partial charge < -0.3 is 9.64 Å². The molecule has 19 heavy (non-hydrogen) atoms. The van der Waals surface area contributed by atoms with Gasteiger partial charge in [0.2, 0.25) is 5.91 Å². The molecular weight excluding hydrogens is 238 g/mol. The van der Waals surface area contributed by atoms with Crippen LogP contribution in [-0.4, -0.2) is 18.1 Å². The number of ether oxygens (including phenoxy) is 1. The lowest BCUT2D eigenvalue weighted by Crippen LogP contribution is -2.50. The predicted molar refractivity (Wildman–Crippen MR) is 73.3 cm³/mol. The standard InChI is InChI=1S/C16H19NO2/c1-15(2)10-17(12-5-3-4-6-13(12)19-15)14(18)11-9-16(11)7-8-16/h3-6,11H,7-10H2,1-2H3. The van der Waals surface area contributed by atoms with Crippen LogP contribution in [0.5, 0.6) is 5.75 Å². The van der Waals surface area contributed by atoms with Crippen molar-refractivity contribution in [1.29, 1.82) is 0 Å². The molecule has 1 aromatic rings. The number of amides is 1. The van der Waals surface area contributed by atoms with Crippen LogP contribution in [0.1, 0.15) is 33.1 Å². The molecule has 1 aliphatic heterocycles. The van der Waals surface area contributed by atoms with Crippen LogP contribution in [-0.2, 0) is 4.79 Å². The third-order valence-electron chi connectivity index (χ3n) is 4.73. The maximum absolute atomic E-state index is 12.7. The van der Waals surface area contributed by atoms with Gasteiger partial charge in [-0.1, -0.05) is 12.1 Å². The van der Waals surface area contributed by atoms with E-state index in [-0.39, 0.29) is 11.5 Å². The van der Waals surface area contributed by atoms with Gasteiger partial charge in [-0.2, -0.15) is 0 Å². The van der Waals surface area contributed by atoms with Gasteiger partial charge in [-0.25, -0.2) is 0 Å². The van der Waals surface area contributed by atoms with E-state index in [2.05, 4.69) is 0 Å². The van der Waals surface area contributed by atoms with Crippen LogP contribution in [0, 0.1) is 11.3 Å². The fourth-order valence-corrected chi connectivity index (χ4v) is 3.36. The van der Waals surface area contributed by atoms with E-state index in [1.54, 1.807) is 0 Å². The number of benzene rings is 1. The molecule has 1 amide bonds. The van der Waals surface area contributed by atoms with Crippen LogP contribution >= 0.6 is 0 Å². The summed E-state index contributed by atoms with van der Waals surface area (Å²) in [5, 5.41) is 0. The SMILES string of the molecule is CC1(C)CN(C(=O)C2CC23CC3)c2ccccc2O1. The van der Waals surface area contributed by atoms with Gasteiger partial charge in [0.05, 0.1) is 12.2 Å². The van der Waals surface area contributed by atoms with E-state index in [1.807, 2.05) is 43.0 Å². The van der Waals surface area contributed by atoms with Crippen LogP contribution in [0.4, 0.5) is 5.69 Å². The Hall–Kier alpha value is -1.51. The summed E-state index contributed by atoms with van der Waals surface area (Å²) in [4.78, 5) is 14.7. The Labute approximate surface area is 113 Å². The normalized spacial score (nSPS) is 28.5. The Morgan fingerprint density at radius 2 is 2.05 bits per heavy atom. The molecule has 3 nitrogen and oxygen atoms in total. The fraction of sp³-hybridized carbons (Fsp3) is 0.562. The lowest BCUT2D eigenvalue weighted by molar-refractivity contribution is -0.121. The summed E-state index contributed by atoms with van der Waals surface area (Å²) < 4.78 is 5.97. The monoisotopic (exact) mass is 257 g/mol. The van der Waals surface area contributed by atoms with Crippen molar-refractivity contribution in [3.8, 4) is 5.75 Å².